The minimum atomic E-state index is -0.521. The van der Waals surface area contributed by atoms with Crippen molar-refractivity contribution in [1.29, 1.82) is 0 Å². The fourth-order valence-electron chi connectivity index (χ4n) is 1.02. The summed E-state index contributed by atoms with van der Waals surface area (Å²) in [6.45, 7) is 7.51. The van der Waals surface area contributed by atoms with Gasteiger partial charge in [-0.05, 0) is 32.6 Å². The van der Waals surface area contributed by atoms with Crippen molar-refractivity contribution in [3.05, 3.63) is 22.4 Å². The van der Waals surface area contributed by atoms with Gasteiger partial charge in [0.05, 0.1) is 22.9 Å². The average molecular weight is 212 g/mol. The van der Waals surface area contributed by atoms with Crippen molar-refractivity contribution in [2.24, 2.45) is 5.73 Å². The van der Waals surface area contributed by atoms with Crippen LogP contribution in [-0.2, 0) is 5.54 Å². The van der Waals surface area contributed by atoms with E-state index in [0.717, 1.165) is 0 Å². The maximum absolute atomic E-state index is 10.5. The molecule has 0 saturated carbocycles. The summed E-state index contributed by atoms with van der Waals surface area (Å²) in [6.07, 6.45) is 1.58. The first-order valence-corrected chi connectivity index (χ1v) is 4.65. The predicted molar refractivity (Wildman–Crippen MR) is 56.5 cm³/mol. The van der Waals surface area contributed by atoms with Crippen molar-refractivity contribution < 1.29 is 4.92 Å². The second-order valence-electron chi connectivity index (χ2n) is 4.66. The lowest BCUT2D eigenvalue weighted by Gasteiger charge is -2.36. The highest BCUT2D eigenvalue weighted by molar-refractivity contribution is 5.16. The molecule has 0 aliphatic carbocycles. The Labute approximate surface area is 88.2 Å². The van der Waals surface area contributed by atoms with Gasteiger partial charge in [-0.1, -0.05) is 0 Å². The molecule has 0 aliphatic rings. The van der Waals surface area contributed by atoms with E-state index >= 15 is 0 Å². The van der Waals surface area contributed by atoms with Gasteiger partial charge in [-0.15, -0.1) is 0 Å². The third kappa shape index (κ3) is 1.99. The van der Waals surface area contributed by atoms with Gasteiger partial charge in [0.15, 0.2) is 0 Å². The van der Waals surface area contributed by atoms with E-state index in [1.165, 1.54) is 10.7 Å². The molecule has 6 heteroatoms. The molecule has 0 spiro atoms. The SMILES string of the molecule is CC(C)(N)C(C)(C)n1ccc([N+](=O)[O-])n1. The predicted octanol–water partition coefficient (Wildman–Crippen LogP) is 1.26. The van der Waals surface area contributed by atoms with Gasteiger partial charge in [-0.3, -0.25) is 0 Å². The highest BCUT2D eigenvalue weighted by atomic mass is 16.6. The second-order valence-corrected chi connectivity index (χ2v) is 4.66. The molecule has 0 atom stereocenters. The van der Waals surface area contributed by atoms with Gasteiger partial charge >= 0.3 is 5.82 Å². The van der Waals surface area contributed by atoms with Crippen LogP contribution in [0.1, 0.15) is 27.7 Å². The Balaban J connectivity index is 3.11. The molecule has 0 aliphatic heterocycles. The minimum absolute atomic E-state index is 0.160. The van der Waals surface area contributed by atoms with Crippen molar-refractivity contribution >= 4 is 5.82 Å². The summed E-state index contributed by atoms with van der Waals surface area (Å²) in [5.74, 6) is -0.160. The molecular formula is C9H16N4O2. The Morgan fingerprint density at radius 1 is 1.47 bits per heavy atom. The summed E-state index contributed by atoms with van der Waals surface area (Å²) in [7, 11) is 0. The van der Waals surface area contributed by atoms with Gasteiger partial charge in [0, 0.05) is 5.54 Å². The molecule has 84 valence electrons. The fraction of sp³-hybridized carbons (Fsp3) is 0.667. The van der Waals surface area contributed by atoms with Gasteiger partial charge in [-0.25, -0.2) is 0 Å². The van der Waals surface area contributed by atoms with E-state index < -0.39 is 16.0 Å². The Morgan fingerprint density at radius 2 is 2.00 bits per heavy atom. The van der Waals surface area contributed by atoms with Gasteiger partial charge < -0.3 is 15.8 Å². The first-order valence-electron chi connectivity index (χ1n) is 4.65. The molecule has 15 heavy (non-hydrogen) atoms. The van der Waals surface area contributed by atoms with Crippen LogP contribution in [0.4, 0.5) is 5.82 Å². The lowest BCUT2D eigenvalue weighted by Crippen LogP contribution is -2.54. The minimum Gasteiger partial charge on any atom is -0.358 e. The number of hydrogen-bond donors (Lipinski definition) is 1. The first-order chi connectivity index (χ1) is 6.66. The largest absolute Gasteiger partial charge is 0.389 e. The topological polar surface area (TPSA) is 87.0 Å². The highest BCUT2D eigenvalue weighted by Gasteiger charge is 2.38. The van der Waals surface area contributed by atoms with Crippen LogP contribution in [0.25, 0.3) is 0 Å². The fourth-order valence-corrected chi connectivity index (χ4v) is 1.02. The maximum Gasteiger partial charge on any atom is 0.389 e. The number of hydrogen-bond acceptors (Lipinski definition) is 4. The molecule has 0 fully saturated rings. The molecule has 0 bridgehead atoms. The Hall–Kier alpha value is -1.43. The third-order valence-corrected chi connectivity index (χ3v) is 2.91. The van der Waals surface area contributed by atoms with E-state index in [1.807, 2.05) is 27.7 Å². The second kappa shape index (κ2) is 3.30. The van der Waals surface area contributed by atoms with E-state index in [0.29, 0.717) is 0 Å². The van der Waals surface area contributed by atoms with Gasteiger partial charge in [0.1, 0.15) is 0 Å². The standard InChI is InChI=1S/C9H16N4O2/c1-8(2,10)9(3,4)12-6-5-7(11-12)13(14)15/h5-6H,10H2,1-4H3. The summed E-state index contributed by atoms with van der Waals surface area (Å²) in [4.78, 5) is 9.97. The zero-order valence-corrected chi connectivity index (χ0v) is 9.39. The average Bonchev–Trinajstić information content (AvgIpc) is 2.49. The molecule has 1 rings (SSSR count). The normalized spacial score (nSPS) is 12.9. The molecule has 1 heterocycles. The van der Waals surface area contributed by atoms with Gasteiger partial charge in [-0.2, -0.15) is 4.68 Å². The van der Waals surface area contributed by atoms with Gasteiger partial charge in [0.2, 0.25) is 0 Å². The molecule has 0 unspecified atom stereocenters. The molecule has 0 amide bonds. The van der Waals surface area contributed by atoms with Crippen LogP contribution in [0.5, 0.6) is 0 Å². The monoisotopic (exact) mass is 212 g/mol. The van der Waals surface area contributed by atoms with Crippen molar-refractivity contribution in [2.45, 2.75) is 38.8 Å². The van der Waals surface area contributed by atoms with E-state index in [-0.39, 0.29) is 5.82 Å². The maximum atomic E-state index is 10.5. The number of nitro groups is 1. The van der Waals surface area contributed by atoms with E-state index in [9.17, 15) is 10.1 Å². The highest BCUT2D eigenvalue weighted by Crippen LogP contribution is 2.27. The van der Waals surface area contributed by atoms with Crippen LogP contribution < -0.4 is 5.73 Å². The Morgan fingerprint density at radius 3 is 2.33 bits per heavy atom. The number of nitrogens with zero attached hydrogens (tertiary/aromatic N) is 3. The summed E-state index contributed by atoms with van der Waals surface area (Å²) in [5, 5.41) is 14.4. The molecule has 0 radical (unpaired) electrons. The number of rotatable bonds is 3. The van der Waals surface area contributed by atoms with Crippen molar-refractivity contribution in [3.8, 4) is 0 Å². The van der Waals surface area contributed by atoms with E-state index in [1.54, 1.807) is 6.20 Å². The summed E-state index contributed by atoms with van der Waals surface area (Å²) < 4.78 is 1.53. The van der Waals surface area contributed by atoms with Crippen molar-refractivity contribution in [2.75, 3.05) is 0 Å². The summed E-state index contributed by atoms with van der Waals surface area (Å²) in [5.41, 5.74) is 4.99. The van der Waals surface area contributed by atoms with Crippen LogP contribution in [0, 0.1) is 10.1 Å². The molecule has 6 nitrogen and oxygen atoms in total. The summed E-state index contributed by atoms with van der Waals surface area (Å²) >= 11 is 0. The Bertz CT molecular complexity index is 376. The molecule has 1 aromatic rings. The number of aromatic nitrogens is 2. The van der Waals surface area contributed by atoms with Crippen LogP contribution >= 0.6 is 0 Å². The summed E-state index contributed by atoms with van der Waals surface area (Å²) in [6, 6.07) is 1.37. The third-order valence-electron chi connectivity index (χ3n) is 2.91. The quantitative estimate of drug-likeness (QED) is 0.603. The smallest absolute Gasteiger partial charge is 0.358 e. The zero-order valence-electron chi connectivity index (χ0n) is 9.39. The van der Waals surface area contributed by atoms with Crippen LogP contribution in [-0.4, -0.2) is 20.2 Å². The van der Waals surface area contributed by atoms with Crippen LogP contribution in [0.2, 0.25) is 0 Å². The molecule has 2 N–H and O–H groups in total. The van der Waals surface area contributed by atoms with E-state index in [2.05, 4.69) is 5.10 Å². The van der Waals surface area contributed by atoms with E-state index in [4.69, 9.17) is 5.73 Å². The molecule has 1 aromatic heterocycles. The Kier molecular flexibility index (Phi) is 2.56. The molecule has 0 saturated heterocycles. The van der Waals surface area contributed by atoms with Crippen LogP contribution in [0.3, 0.4) is 0 Å². The first kappa shape index (κ1) is 11.6. The van der Waals surface area contributed by atoms with Crippen molar-refractivity contribution in [1.82, 2.24) is 9.78 Å². The molecule has 0 aromatic carbocycles. The van der Waals surface area contributed by atoms with Crippen LogP contribution in [0.15, 0.2) is 12.3 Å². The van der Waals surface area contributed by atoms with Gasteiger partial charge in [0.25, 0.3) is 0 Å². The lowest BCUT2D eigenvalue weighted by molar-refractivity contribution is -0.390. The zero-order chi connectivity index (χ0) is 11.9. The van der Waals surface area contributed by atoms with Crippen molar-refractivity contribution in [3.63, 3.8) is 0 Å². The number of nitrogens with two attached hydrogens (primary N) is 1. The lowest BCUT2D eigenvalue weighted by atomic mass is 9.84. The molecular weight excluding hydrogens is 196 g/mol.